The number of para-hydroxylation sites is 3. The van der Waals surface area contributed by atoms with E-state index >= 15 is 0 Å². The molecule has 3 aromatic rings. The molecule has 7 heteroatoms. The van der Waals surface area contributed by atoms with Gasteiger partial charge in [-0.05, 0) is 24.6 Å². The van der Waals surface area contributed by atoms with E-state index in [0.717, 1.165) is 17.7 Å². The van der Waals surface area contributed by atoms with E-state index in [9.17, 15) is 4.79 Å². The third-order valence-corrected chi connectivity index (χ3v) is 7.73. The van der Waals surface area contributed by atoms with Crippen LogP contribution in [0.2, 0.25) is 0 Å². The largest absolute Gasteiger partial charge is 1.00 e. The molecule has 0 saturated carbocycles. The second-order valence-electron chi connectivity index (χ2n) is 10.1. The summed E-state index contributed by atoms with van der Waals surface area (Å²) >= 11 is 1.67. The molecule has 214 valence electrons. The van der Waals surface area contributed by atoms with Crippen LogP contribution in [-0.2, 0) is 6.54 Å². The van der Waals surface area contributed by atoms with Crippen molar-refractivity contribution in [2.45, 2.75) is 97.4 Å². The summed E-state index contributed by atoms with van der Waals surface area (Å²) in [6, 6.07) is 15.3. The molecule has 3 rings (SSSR count). The maximum atomic E-state index is 12.9. The molecule has 2 N–H and O–H groups in total. The van der Waals surface area contributed by atoms with Gasteiger partial charge in [-0.1, -0.05) is 119 Å². The van der Waals surface area contributed by atoms with Gasteiger partial charge in [0.15, 0.2) is 12.2 Å². The molecule has 0 aliphatic carbocycles. The number of nitrogens with zero attached hydrogens (tertiary/aromatic N) is 1. The lowest BCUT2D eigenvalue weighted by Crippen LogP contribution is -3.00. The van der Waals surface area contributed by atoms with Gasteiger partial charge < -0.3 is 32.4 Å². The molecule has 39 heavy (non-hydrogen) atoms. The summed E-state index contributed by atoms with van der Waals surface area (Å²) in [5.74, 6) is 0.712. The first-order valence-electron chi connectivity index (χ1n) is 14.5. The van der Waals surface area contributed by atoms with E-state index < -0.39 is 0 Å². The van der Waals surface area contributed by atoms with Gasteiger partial charge >= 0.3 is 6.03 Å². The molecule has 0 aliphatic heterocycles. The van der Waals surface area contributed by atoms with E-state index in [2.05, 4.69) is 39.9 Å². The van der Waals surface area contributed by atoms with E-state index in [1.165, 1.54) is 76.3 Å². The highest BCUT2D eigenvalue weighted by molar-refractivity contribution is 7.07. The molecule has 0 saturated heterocycles. The van der Waals surface area contributed by atoms with Crippen molar-refractivity contribution in [2.75, 3.05) is 17.2 Å². The van der Waals surface area contributed by atoms with Crippen LogP contribution in [-0.4, -0.2) is 12.6 Å². The molecule has 0 bridgehead atoms. The predicted molar refractivity (Wildman–Crippen MR) is 160 cm³/mol. The Bertz CT molecular complexity index is 1090. The minimum absolute atomic E-state index is 0. The number of nitrogens with one attached hydrogen (secondary N) is 2. The van der Waals surface area contributed by atoms with Crippen molar-refractivity contribution in [1.82, 2.24) is 0 Å². The van der Waals surface area contributed by atoms with Crippen molar-refractivity contribution in [3.8, 4) is 5.75 Å². The number of rotatable bonds is 18. The summed E-state index contributed by atoms with van der Waals surface area (Å²) in [5.41, 5.74) is 5.84. The first kappa shape index (κ1) is 32.8. The molecule has 0 fully saturated rings. The van der Waals surface area contributed by atoms with Gasteiger partial charge in [0.2, 0.25) is 5.51 Å². The van der Waals surface area contributed by atoms with Crippen LogP contribution in [0, 0.1) is 6.92 Å². The van der Waals surface area contributed by atoms with Crippen LogP contribution in [0.25, 0.3) is 0 Å². The number of amides is 2. The first-order chi connectivity index (χ1) is 18.7. The Morgan fingerprint density at radius 3 is 2.00 bits per heavy atom. The highest BCUT2D eigenvalue weighted by atomic mass is 79.9. The molecule has 0 unspecified atom stereocenters. The number of halogens is 1. The second kappa shape index (κ2) is 19.6. The van der Waals surface area contributed by atoms with Crippen LogP contribution >= 0.6 is 11.3 Å². The number of carbonyl (C=O) groups is 1. The number of anilines is 2. The van der Waals surface area contributed by atoms with Crippen LogP contribution in [0.4, 0.5) is 16.2 Å². The summed E-state index contributed by atoms with van der Waals surface area (Å²) in [5, 5.41) is 8.12. The third-order valence-electron chi connectivity index (χ3n) is 6.88. The van der Waals surface area contributed by atoms with Gasteiger partial charge in [0.25, 0.3) is 0 Å². The standard InChI is InChI=1S/C32H45N3O2S.BrH/c1-3-4-5-6-7-8-9-10-11-12-13-18-23-37-31-22-17-16-21-30(31)34-32(36)33-29-20-15-14-19-28(29)24-35-26-38-25-27(35)2;/h14-17,19-22,25-26H,3-13,18,23-24H2,1-2H3,(H-,33,34,36);1H. The van der Waals surface area contributed by atoms with E-state index in [0.29, 0.717) is 24.6 Å². The highest BCUT2D eigenvalue weighted by Gasteiger charge is 2.14. The van der Waals surface area contributed by atoms with E-state index in [4.69, 9.17) is 4.74 Å². The van der Waals surface area contributed by atoms with Crippen molar-refractivity contribution < 1.29 is 31.1 Å². The number of unbranched alkanes of at least 4 members (excludes halogenated alkanes) is 11. The number of ether oxygens (including phenoxy) is 1. The highest BCUT2D eigenvalue weighted by Crippen LogP contribution is 2.25. The Balaban J connectivity index is 0.00000533. The van der Waals surface area contributed by atoms with Gasteiger partial charge in [-0.3, -0.25) is 0 Å². The maximum Gasteiger partial charge on any atom is 0.323 e. The normalized spacial score (nSPS) is 10.6. The smallest absolute Gasteiger partial charge is 0.323 e. The van der Waals surface area contributed by atoms with E-state index in [-0.39, 0.29) is 23.0 Å². The van der Waals surface area contributed by atoms with Crippen molar-refractivity contribution in [1.29, 1.82) is 0 Å². The molecular formula is C32H46BrN3O2S. The topological polar surface area (TPSA) is 54.2 Å². The van der Waals surface area contributed by atoms with Gasteiger partial charge in [-0.15, -0.1) is 0 Å². The monoisotopic (exact) mass is 615 g/mol. The number of aryl methyl sites for hydroxylation is 1. The number of benzene rings is 2. The minimum Gasteiger partial charge on any atom is -1.00 e. The molecule has 0 spiro atoms. The van der Waals surface area contributed by atoms with Crippen molar-refractivity contribution in [3.63, 3.8) is 0 Å². The fraction of sp³-hybridized carbons (Fsp3) is 0.500. The molecule has 2 amide bonds. The minimum atomic E-state index is -0.272. The molecule has 2 aromatic carbocycles. The van der Waals surface area contributed by atoms with Crippen LogP contribution < -0.4 is 36.9 Å². The number of aromatic nitrogens is 1. The van der Waals surface area contributed by atoms with Crippen LogP contribution in [0.3, 0.4) is 0 Å². The van der Waals surface area contributed by atoms with Crippen molar-refractivity contribution in [3.05, 3.63) is 70.7 Å². The van der Waals surface area contributed by atoms with Gasteiger partial charge in [-0.25, -0.2) is 4.79 Å². The molecule has 1 heterocycles. The Kier molecular flexibility index (Phi) is 16.5. The lowest BCUT2D eigenvalue weighted by atomic mass is 10.1. The lowest BCUT2D eigenvalue weighted by Gasteiger charge is -2.14. The average Bonchev–Trinajstić information content (AvgIpc) is 3.33. The Morgan fingerprint density at radius 1 is 0.795 bits per heavy atom. The lowest BCUT2D eigenvalue weighted by molar-refractivity contribution is -0.689. The SMILES string of the molecule is CCCCCCCCCCCCCCOc1ccccc1NC(=O)Nc1ccccc1C[n+]1cscc1C.[Br-]. The maximum absolute atomic E-state index is 12.9. The number of hydrogen-bond donors (Lipinski definition) is 2. The number of carbonyl (C=O) groups excluding carboxylic acids is 1. The van der Waals surface area contributed by atoms with E-state index in [1.807, 2.05) is 48.5 Å². The van der Waals surface area contributed by atoms with Gasteiger partial charge in [0.05, 0.1) is 23.4 Å². The summed E-state index contributed by atoms with van der Waals surface area (Å²) in [4.78, 5) is 12.9. The van der Waals surface area contributed by atoms with Crippen LogP contribution in [0.5, 0.6) is 5.75 Å². The summed E-state index contributed by atoms with van der Waals surface area (Å²) in [6.07, 6.45) is 15.9. The number of thiazole rings is 1. The molecule has 0 radical (unpaired) electrons. The zero-order valence-electron chi connectivity index (χ0n) is 23.7. The summed E-state index contributed by atoms with van der Waals surface area (Å²) in [6.45, 7) is 5.74. The Hall–Kier alpha value is -2.38. The second-order valence-corrected chi connectivity index (χ2v) is 10.8. The third kappa shape index (κ3) is 12.6. The van der Waals surface area contributed by atoms with Gasteiger partial charge in [0.1, 0.15) is 5.75 Å². The summed E-state index contributed by atoms with van der Waals surface area (Å²) in [7, 11) is 0. The number of hydrogen-bond acceptors (Lipinski definition) is 3. The number of urea groups is 1. The fourth-order valence-electron chi connectivity index (χ4n) is 4.58. The molecule has 5 nitrogen and oxygen atoms in total. The Morgan fingerprint density at radius 2 is 1.36 bits per heavy atom. The average molecular weight is 617 g/mol. The molecule has 1 aromatic heterocycles. The van der Waals surface area contributed by atoms with Crippen LogP contribution in [0.1, 0.15) is 95.2 Å². The van der Waals surface area contributed by atoms with Gasteiger partial charge in [-0.2, -0.15) is 4.57 Å². The van der Waals surface area contributed by atoms with Crippen LogP contribution in [0.15, 0.2) is 59.4 Å². The molecular weight excluding hydrogens is 570 g/mol. The van der Waals surface area contributed by atoms with Crippen molar-refractivity contribution >= 4 is 28.7 Å². The van der Waals surface area contributed by atoms with E-state index in [1.54, 1.807) is 11.3 Å². The Labute approximate surface area is 250 Å². The predicted octanol–water partition coefficient (Wildman–Crippen LogP) is 6.12. The zero-order valence-corrected chi connectivity index (χ0v) is 26.1. The van der Waals surface area contributed by atoms with Gasteiger partial charge in [0, 0.05) is 12.5 Å². The fourth-order valence-corrected chi connectivity index (χ4v) is 5.36. The first-order valence-corrected chi connectivity index (χ1v) is 15.4. The summed E-state index contributed by atoms with van der Waals surface area (Å²) < 4.78 is 8.22. The quantitative estimate of drug-likeness (QED) is 0.134. The zero-order chi connectivity index (χ0) is 26.8. The molecule has 0 aliphatic rings. The molecule has 0 atom stereocenters. The van der Waals surface area contributed by atoms with Crippen molar-refractivity contribution in [2.24, 2.45) is 0 Å².